The maximum atomic E-state index is 12.6. The Morgan fingerprint density at radius 2 is 2.26 bits per heavy atom. The Morgan fingerprint density at radius 3 is 2.89 bits per heavy atom. The van der Waals surface area contributed by atoms with E-state index in [9.17, 15) is 8.42 Å². The lowest BCUT2D eigenvalue weighted by Gasteiger charge is -2.20. The number of rotatable bonds is 6. The zero-order valence-corrected chi connectivity index (χ0v) is 12.7. The van der Waals surface area contributed by atoms with E-state index in [1.54, 1.807) is 11.6 Å². The zero-order chi connectivity index (χ0) is 14.0. The summed E-state index contributed by atoms with van der Waals surface area (Å²) in [4.78, 5) is 4.55. The maximum Gasteiger partial charge on any atom is 0.262 e. The first-order valence-corrected chi connectivity index (χ1v) is 8.44. The minimum Gasteiger partial charge on any atom is -0.395 e. The quantitative estimate of drug-likeness (QED) is 0.873. The average molecular weight is 324 g/mol. The fraction of sp³-hybridized carbons (Fsp3) is 0.500. The Morgan fingerprint density at radius 1 is 1.53 bits per heavy atom. The lowest BCUT2D eigenvalue weighted by molar-refractivity contribution is 0.253. The predicted molar refractivity (Wildman–Crippen MR) is 74.2 cm³/mol. The highest BCUT2D eigenvalue weighted by atomic mass is 35.5. The van der Waals surface area contributed by atoms with Crippen LogP contribution >= 0.6 is 22.9 Å². The van der Waals surface area contributed by atoms with Gasteiger partial charge in [0.1, 0.15) is 0 Å². The monoisotopic (exact) mass is 323 g/mol. The van der Waals surface area contributed by atoms with Gasteiger partial charge in [-0.3, -0.25) is 4.40 Å². The first-order valence-electron chi connectivity index (χ1n) is 5.74. The molecule has 0 saturated heterocycles. The number of aliphatic hydroxyl groups excluding tert-OH is 1. The van der Waals surface area contributed by atoms with Gasteiger partial charge in [0.25, 0.3) is 10.0 Å². The first-order chi connectivity index (χ1) is 9.02. The molecule has 19 heavy (non-hydrogen) atoms. The molecule has 2 rings (SSSR count). The highest BCUT2D eigenvalue weighted by molar-refractivity contribution is 7.89. The van der Waals surface area contributed by atoms with Crippen LogP contribution in [0, 0.1) is 0 Å². The van der Waals surface area contributed by atoms with Crippen LogP contribution in [0.15, 0.2) is 16.6 Å². The number of thiazole rings is 1. The second kappa shape index (κ2) is 5.76. The van der Waals surface area contributed by atoms with E-state index in [0.29, 0.717) is 17.9 Å². The number of hydrogen-bond donors (Lipinski definition) is 1. The summed E-state index contributed by atoms with van der Waals surface area (Å²) < 4.78 is 27.8. The Kier molecular flexibility index (Phi) is 4.46. The van der Waals surface area contributed by atoms with Crippen molar-refractivity contribution in [2.45, 2.75) is 18.4 Å². The summed E-state index contributed by atoms with van der Waals surface area (Å²) in [5, 5.41) is 10.7. The van der Waals surface area contributed by atoms with E-state index in [4.69, 9.17) is 16.7 Å². The fourth-order valence-corrected chi connectivity index (χ4v) is 4.73. The van der Waals surface area contributed by atoms with E-state index in [-0.39, 0.29) is 23.3 Å². The second-order valence-corrected chi connectivity index (χ2v) is 6.98. The molecule has 0 bridgehead atoms. The molecule has 2 heterocycles. The molecule has 0 aliphatic rings. The van der Waals surface area contributed by atoms with E-state index < -0.39 is 10.0 Å². The van der Waals surface area contributed by atoms with Gasteiger partial charge in [-0.2, -0.15) is 4.31 Å². The third-order valence-corrected chi connectivity index (χ3v) is 5.64. The number of halogens is 1. The molecule has 0 saturated carbocycles. The molecule has 0 radical (unpaired) electrons. The molecule has 2 aromatic heterocycles. The Bertz CT molecular complexity index is 659. The Labute approximate surface area is 120 Å². The molecule has 0 atom stereocenters. The van der Waals surface area contributed by atoms with Gasteiger partial charge in [0.2, 0.25) is 0 Å². The van der Waals surface area contributed by atoms with Crippen molar-refractivity contribution >= 4 is 37.9 Å². The smallest absolute Gasteiger partial charge is 0.262 e. The topological polar surface area (TPSA) is 74.9 Å². The van der Waals surface area contributed by atoms with Gasteiger partial charge in [-0.05, 0) is 6.42 Å². The van der Waals surface area contributed by atoms with Gasteiger partial charge >= 0.3 is 0 Å². The molecule has 0 aliphatic carbocycles. The van der Waals surface area contributed by atoms with Gasteiger partial charge in [0.15, 0.2) is 15.1 Å². The molecule has 0 aliphatic heterocycles. The van der Waals surface area contributed by atoms with Crippen molar-refractivity contribution in [2.24, 2.45) is 0 Å². The second-order valence-electron chi connectivity index (χ2n) is 3.89. The normalized spacial score (nSPS) is 12.6. The lowest BCUT2D eigenvalue weighted by atomic mass is 10.5. The van der Waals surface area contributed by atoms with E-state index >= 15 is 0 Å². The van der Waals surface area contributed by atoms with Crippen molar-refractivity contribution in [3.63, 3.8) is 0 Å². The highest BCUT2D eigenvalue weighted by Gasteiger charge is 2.30. The number of aromatic nitrogens is 2. The SMILES string of the molecule is CCCN(CCO)S(=O)(=O)c1c(Cl)nc2sccn12. The van der Waals surface area contributed by atoms with E-state index in [1.165, 1.54) is 20.0 Å². The van der Waals surface area contributed by atoms with Crippen molar-refractivity contribution < 1.29 is 13.5 Å². The van der Waals surface area contributed by atoms with Gasteiger partial charge in [-0.1, -0.05) is 18.5 Å². The number of imidazole rings is 1. The lowest BCUT2D eigenvalue weighted by Crippen LogP contribution is -2.35. The van der Waals surface area contributed by atoms with Crippen LogP contribution in [-0.2, 0) is 10.0 Å². The van der Waals surface area contributed by atoms with Crippen LogP contribution in [-0.4, -0.2) is 46.9 Å². The van der Waals surface area contributed by atoms with Crippen molar-refractivity contribution in [3.05, 3.63) is 16.7 Å². The van der Waals surface area contributed by atoms with Crippen molar-refractivity contribution in [1.29, 1.82) is 0 Å². The van der Waals surface area contributed by atoms with Crippen molar-refractivity contribution in [2.75, 3.05) is 19.7 Å². The molecule has 0 amide bonds. The Hall–Kier alpha value is -0.670. The first kappa shape index (κ1) is 14.7. The molecule has 0 spiro atoms. The molecule has 0 aromatic carbocycles. The van der Waals surface area contributed by atoms with Gasteiger partial charge in [0, 0.05) is 24.7 Å². The number of aliphatic hydroxyl groups is 1. The molecule has 106 valence electrons. The van der Waals surface area contributed by atoms with Gasteiger partial charge in [0.05, 0.1) is 6.61 Å². The van der Waals surface area contributed by atoms with Crippen molar-refractivity contribution in [1.82, 2.24) is 13.7 Å². The number of nitrogens with zero attached hydrogens (tertiary/aromatic N) is 3. The minimum absolute atomic E-state index is 0.0349. The summed E-state index contributed by atoms with van der Waals surface area (Å²) in [5.41, 5.74) is 0. The van der Waals surface area contributed by atoms with E-state index in [1.807, 2.05) is 6.92 Å². The van der Waals surface area contributed by atoms with Gasteiger partial charge < -0.3 is 5.11 Å². The largest absolute Gasteiger partial charge is 0.395 e. The molecule has 2 aromatic rings. The summed E-state index contributed by atoms with van der Waals surface area (Å²) in [6, 6.07) is 0. The number of sulfonamides is 1. The standard InChI is InChI=1S/C10H14ClN3O3S2/c1-2-3-13(4-6-15)19(16,17)9-8(11)12-10-14(9)5-7-18-10/h5,7,15H,2-4,6H2,1H3. The van der Waals surface area contributed by atoms with Crippen molar-refractivity contribution in [3.8, 4) is 0 Å². The van der Waals surface area contributed by atoms with Crippen LogP contribution in [0.25, 0.3) is 4.96 Å². The van der Waals surface area contributed by atoms with Gasteiger partial charge in [-0.25, -0.2) is 13.4 Å². The molecule has 0 fully saturated rings. The molecule has 6 nitrogen and oxygen atoms in total. The highest BCUT2D eigenvalue weighted by Crippen LogP contribution is 2.27. The number of hydrogen-bond acceptors (Lipinski definition) is 5. The summed E-state index contributed by atoms with van der Waals surface area (Å²) >= 11 is 7.26. The Balaban J connectivity index is 2.53. The number of fused-ring (bicyclic) bond motifs is 1. The average Bonchev–Trinajstić information content (AvgIpc) is 2.87. The summed E-state index contributed by atoms with van der Waals surface area (Å²) in [6.07, 6.45) is 2.28. The molecular formula is C10H14ClN3O3S2. The van der Waals surface area contributed by atoms with Crippen LogP contribution in [0.4, 0.5) is 0 Å². The van der Waals surface area contributed by atoms with Crippen LogP contribution in [0.5, 0.6) is 0 Å². The van der Waals surface area contributed by atoms with E-state index in [2.05, 4.69) is 4.98 Å². The summed E-state index contributed by atoms with van der Waals surface area (Å²) in [7, 11) is -3.76. The third-order valence-electron chi connectivity index (χ3n) is 2.59. The fourth-order valence-electron chi connectivity index (χ4n) is 1.80. The summed E-state index contributed by atoms with van der Waals surface area (Å²) in [5.74, 6) is 0. The zero-order valence-electron chi connectivity index (χ0n) is 10.3. The van der Waals surface area contributed by atoms with Crippen LogP contribution in [0.1, 0.15) is 13.3 Å². The van der Waals surface area contributed by atoms with Crippen LogP contribution in [0.3, 0.4) is 0 Å². The third kappa shape index (κ3) is 2.63. The maximum absolute atomic E-state index is 12.6. The molecule has 1 N–H and O–H groups in total. The van der Waals surface area contributed by atoms with Crippen LogP contribution < -0.4 is 0 Å². The predicted octanol–water partition coefficient (Wildman–Crippen LogP) is 1.44. The molecule has 0 unspecified atom stereocenters. The molecular weight excluding hydrogens is 310 g/mol. The molecule has 9 heteroatoms. The van der Waals surface area contributed by atoms with E-state index in [0.717, 1.165) is 0 Å². The minimum atomic E-state index is -3.76. The van der Waals surface area contributed by atoms with Gasteiger partial charge in [-0.15, -0.1) is 11.3 Å². The summed E-state index contributed by atoms with van der Waals surface area (Å²) in [6.45, 7) is 2.01. The van der Waals surface area contributed by atoms with Crippen LogP contribution in [0.2, 0.25) is 5.15 Å².